The van der Waals surface area contributed by atoms with Crippen LogP contribution in [0.3, 0.4) is 0 Å². The van der Waals surface area contributed by atoms with E-state index in [4.69, 9.17) is 4.74 Å². The zero-order valence-electron chi connectivity index (χ0n) is 16.4. The van der Waals surface area contributed by atoms with E-state index in [-0.39, 0.29) is 18.8 Å². The Morgan fingerprint density at radius 1 is 1.13 bits per heavy atom. The van der Waals surface area contributed by atoms with Gasteiger partial charge < -0.3 is 10.1 Å². The topological polar surface area (TPSA) is 71.0 Å². The number of benzene rings is 2. The molecule has 1 heterocycles. The van der Waals surface area contributed by atoms with Gasteiger partial charge in [-0.05, 0) is 18.1 Å². The second-order valence-corrected chi connectivity index (χ2v) is 6.71. The smallest absolute Gasteiger partial charge is 0.442 e. The number of rotatable bonds is 6. The summed E-state index contributed by atoms with van der Waals surface area (Å²) in [5.74, 6) is -1.95. The fraction of sp³-hybridized carbons (Fsp3) is 0.286. The molecule has 0 fully saturated rings. The van der Waals surface area contributed by atoms with Crippen molar-refractivity contribution in [1.82, 2.24) is 10.2 Å². The highest BCUT2D eigenvalue weighted by Gasteiger charge is 2.66. The summed E-state index contributed by atoms with van der Waals surface area (Å²) in [7, 11) is 1.49. The molecule has 1 atom stereocenters. The summed E-state index contributed by atoms with van der Waals surface area (Å²) in [5, 5.41) is 1.73. The summed E-state index contributed by atoms with van der Waals surface area (Å²) in [6, 6.07) is 15.1. The number of carbonyl (C=O) groups is 2. The monoisotopic (exact) mass is 419 g/mol. The number of alkyl halides is 3. The van der Waals surface area contributed by atoms with Gasteiger partial charge in [0.1, 0.15) is 11.6 Å². The molecule has 0 spiro atoms. The number of halogens is 3. The lowest BCUT2D eigenvalue weighted by Crippen LogP contribution is -2.63. The Morgan fingerprint density at radius 2 is 1.77 bits per heavy atom. The Balaban J connectivity index is 2.03. The van der Waals surface area contributed by atoms with Crippen molar-refractivity contribution in [1.29, 1.82) is 0 Å². The van der Waals surface area contributed by atoms with Gasteiger partial charge in [-0.25, -0.2) is 4.99 Å². The molecule has 0 saturated carbocycles. The third-order valence-corrected chi connectivity index (χ3v) is 4.68. The number of amides is 2. The largest absolute Gasteiger partial charge is 0.496 e. The zero-order chi connectivity index (χ0) is 21.9. The van der Waals surface area contributed by atoms with E-state index in [1.165, 1.54) is 7.11 Å². The van der Waals surface area contributed by atoms with Crippen LogP contribution in [0.5, 0.6) is 5.75 Å². The number of nitrogens with zero attached hydrogens (tertiary/aromatic N) is 2. The van der Waals surface area contributed by atoms with Crippen molar-refractivity contribution in [2.75, 3.05) is 13.7 Å². The second kappa shape index (κ2) is 8.17. The third kappa shape index (κ3) is 3.87. The first-order chi connectivity index (χ1) is 14.2. The SMILES string of the molecule is COc1ccccc1CCN1C(=O)C(NC(C)=O)(C(F)(F)F)N=C1c1ccccc1. The van der Waals surface area contributed by atoms with Crippen LogP contribution in [0, 0.1) is 0 Å². The first-order valence-corrected chi connectivity index (χ1v) is 9.14. The maximum Gasteiger partial charge on any atom is 0.442 e. The summed E-state index contributed by atoms with van der Waals surface area (Å²) in [5.41, 5.74) is -2.29. The van der Waals surface area contributed by atoms with E-state index in [1.807, 2.05) is 0 Å². The number of nitrogens with one attached hydrogen (secondary N) is 1. The molecule has 2 aromatic carbocycles. The van der Waals surface area contributed by atoms with E-state index in [9.17, 15) is 22.8 Å². The standard InChI is InChI=1S/C21H20F3N3O3/c1-14(28)25-20(21(22,23)24)19(29)27(18(26-20)16-9-4-3-5-10-16)13-12-15-8-6-7-11-17(15)30-2/h3-11H,12-13H2,1-2H3,(H,25,28). The Labute approximate surface area is 171 Å². The molecular weight excluding hydrogens is 399 g/mol. The van der Waals surface area contributed by atoms with Gasteiger partial charge in [0.25, 0.3) is 5.91 Å². The van der Waals surface area contributed by atoms with E-state index < -0.39 is 23.7 Å². The highest BCUT2D eigenvalue weighted by molar-refractivity contribution is 6.16. The van der Waals surface area contributed by atoms with E-state index in [1.54, 1.807) is 59.9 Å². The summed E-state index contributed by atoms with van der Waals surface area (Å²) >= 11 is 0. The van der Waals surface area contributed by atoms with Crippen molar-refractivity contribution < 1.29 is 27.5 Å². The Kier molecular flexibility index (Phi) is 5.82. The first kappa shape index (κ1) is 21.4. The van der Waals surface area contributed by atoms with Gasteiger partial charge in [-0.1, -0.05) is 48.5 Å². The molecule has 0 bridgehead atoms. The van der Waals surface area contributed by atoms with Crippen LogP contribution in [0.1, 0.15) is 18.1 Å². The molecule has 0 saturated heterocycles. The van der Waals surface area contributed by atoms with Crippen molar-refractivity contribution in [3.8, 4) is 5.75 Å². The predicted octanol–water partition coefficient (Wildman–Crippen LogP) is 2.92. The number of carbonyl (C=O) groups excluding carboxylic acids is 2. The number of methoxy groups -OCH3 is 1. The summed E-state index contributed by atoms with van der Waals surface area (Å²) in [6.07, 6.45) is -4.88. The van der Waals surface area contributed by atoms with Gasteiger partial charge in [0.2, 0.25) is 5.91 Å². The van der Waals surface area contributed by atoms with Gasteiger partial charge in [-0.3, -0.25) is 14.5 Å². The van der Waals surface area contributed by atoms with Crippen molar-refractivity contribution in [3.05, 3.63) is 65.7 Å². The van der Waals surface area contributed by atoms with Crippen LogP contribution < -0.4 is 10.1 Å². The van der Waals surface area contributed by atoms with Gasteiger partial charge in [0.05, 0.1) is 7.11 Å². The lowest BCUT2D eigenvalue weighted by Gasteiger charge is -2.28. The number of hydrogen-bond acceptors (Lipinski definition) is 4. The van der Waals surface area contributed by atoms with Crippen molar-refractivity contribution >= 4 is 17.6 Å². The van der Waals surface area contributed by atoms with Gasteiger partial charge in [0.15, 0.2) is 0 Å². The minimum absolute atomic E-state index is 0.0790. The molecular formula is C21H20F3N3O3. The molecule has 158 valence electrons. The highest BCUT2D eigenvalue weighted by atomic mass is 19.4. The maximum absolute atomic E-state index is 14.0. The third-order valence-electron chi connectivity index (χ3n) is 4.68. The summed E-state index contributed by atoms with van der Waals surface area (Å²) < 4.78 is 47.2. The lowest BCUT2D eigenvalue weighted by atomic mass is 10.1. The number of amidine groups is 1. The summed E-state index contributed by atoms with van der Waals surface area (Å²) in [4.78, 5) is 29.2. The molecule has 1 aliphatic heterocycles. The normalized spacial score (nSPS) is 18.9. The Morgan fingerprint density at radius 3 is 2.37 bits per heavy atom. The van der Waals surface area contributed by atoms with E-state index >= 15 is 0 Å². The minimum atomic E-state index is -5.12. The molecule has 9 heteroatoms. The van der Waals surface area contributed by atoms with Gasteiger partial charge >= 0.3 is 11.8 Å². The van der Waals surface area contributed by atoms with Crippen LogP contribution in [0.2, 0.25) is 0 Å². The quantitative estimate of drug-likeness (QED) is 0.783. The van der Waals surface area contributed by atoms with Crippen molar-refractivity contribution in [2.45, 2.75) is 25.2 Å². The Bertz CT molecular complexity index is 976. The fourth-order valence-corrected chi connectivity index (χ4v) is 3.31. The molecule has 1 unspecified atom stereocenters. The molecule has 0 aliphatic carbocycles. The second-order valence-electron chi connectivity index (χ2n) is 6.71. The van der Waals surface area contributed by atoms with Crippen LogP contribution in [0.25, 0.3) is 0 Å². The first-order valence-electron chi connectivity index (χ1n) is 9.14. The number of ether oxygens (including phenoxy) is 1. The highest BCUT2D eigenvalue weighted by Crippen LogP contribution is 2.38. The average molecular weight is 419 g/mol. The maximum atomic E-state index is 14.0. The van der Waals surface area contributed by atoms with Crippen LogP contribution >= 0.6 is 0 Å². The fourth-order valence-electron chi connectivity index (χ4n) is 3.31. The minimum Gasteiger partial charge on any atom is -0.496 e. The molecule has 1 aliphatic rings. The van der Waals surface area contributed by atoms with Crippen LogP contribution in [0.15, 0.2) is 59.6 Å². The summed E-state index contributed by atoms with van der Waals surface area (Å²) in [6.45, 7) is 0.834. The molecule has 30 heavy (non-hydrogen) atoms. The Hall–Kier alpha value is -3.36. The molecule has 3 rings (SSSR count). The van der Waals surface area contributed by atoms with Crippen LogP contribution in [-0.4, -0.2) is 48.0 Å². The molecule has 2 aromatic rings. The molecule has 6 nitrogen and oxygen atoms in total. The molecule has 1 N–H and O–H groups in total. The van der Waals surface area contributed by atoms with E-state index in [0.717, 1.165) is 17.4 Å². The van der Waals surface area contributed by atoms with Crippen molar-refractivity contribution in [3.63, 3.8) is 0 Å². The van der Waals surface area contributed by atoms with E-state index in [0.29, 0.717) is 11.3 Å². The number of para-hydroxylation sites is 1. The molecule has 0 radical (unpaired) electrons. The average Bonchev–Trinajstić information content (AvgIpc) is 2.99. The van der Waals surface area contributed by atoms with E-state index in [2.05, 4.69) is 4.99 Å². The van der Waals surface area contributed by atoms with Gasteiger partial charge in [-0.2, -0.15) is 13.2 Å². The number of hydrogen-bond donors (Lipinski definition) is 1. The van der Waals surface area contributed by atoms with Gasteiger partial charge in [0, 0.05) is 19.0 Å². The molecule has 0 aromatic heterocycles. The zero-order valence-corrected chi connectivity index (χ0v) is 16.4. The van der Waals surface area contributed by atoms with Gasteiger partial charge in [-0.15, -0.1) is 0 Å². The predicted molar refractivity (Wildman–Crippen MR) is 104 cm³/mol. The number of aliphatic imine (C=N–C) groups is 1. The molecule has 2 amide bonds. The van der Waals surface area contributed by atoms with Crippen molar-refractivity contribution in [2.24, 2.45) is 4.99 Å². The lowest BCUT2D eigenvalue weighted by molar-refractivity contribution is -0.199. The van der Waals surface area contributed by atoms with Crippen LogP contribution in [-0.2, 0) is 16.0 Å². The van der Waals surface area contributed by atoms with Crippen LogP contribution in [0.4, 0.5) is 13.2 Å².